The Balaban J connectivity index is 4.03. The molecule has 2 unspecified atom stereocenters. The Morgan fingerprint density at radius 1 is 1.50 bits per heavy atom. The Labute approximate surface area is 88.3 Å². The Bertz CT molecular complexity index is 229. The molecule has 0 aromatic carbocycles. The molecule has 0 saturated heterocycles. The zero-order chi connectivity index (χ0) is 11.4. The average Bonchev–Trinajstić information content (AvgIpc) is 2.13. The van der Waals surface area contributed by atoms with Gasteiger partial charge in [0.25, 0.3) is 0 Å². The van der Waals surface area contributed by atoms with Gasteiger partial charge in [-0.15, -0.1) is 0 Å². The molecule has 0 saturated carbocycles. The van der Waals surface area contributed by atoms with Crippen LogP contribution in [0.3, 0.4) is 0 Å². The van der Waals surface area contributed by atoms with Gasteiger partial charge in [0.1, 0.15) is 0 Å². The molecule has 5 heteroatoms. The van der Waals surface area contributed by atoms with Crippen molar-refractivity contribution >= 4 is 16.7 Å². The molecule has 0 radical (unpaired) electrons. The van der Waals surface area contributed by atoms with Gasteiger partial charge in [-0.3, -0.25) is 9.00 Å². The predicted molar refractivity (Wildman–Crippen MR) is 59.7 cm³/mol. The Morgan fingerprint density at radius 2 is 2.00 bits per heavy atom. The molecule has 0 bridgehead atoms. The van der Waals surface area contributed by atoms with Crippen LogP contribution < -0.4 is 10.6 Å². The maximum absolute atomic E-state index is 11.6. The van der Waals surface area contributed by atoms with Gasteiger partial charge in [0, 0.05) is 28.9 Å². The molecule has 0 fully saturated rings. The van der Waals surface area contributed by atoms with Gasteiger partial charge in [0.2, 0.25) is 5.91 Å². The van der Waals surface area contributed by atoms with Crippen molar-refractivity contribution in [3.63, 3.8) is 0 Å². The zero-order valence-electron chi connectivity index (χ0n) is 9.51. The van der Waals surface area contributed by atoms with Gasteiger partial charge in [-0.25, -0.2) is 0 Å². The third-order valence-corrected chi connectivity index (χ3v) is 3.61. The van der Waals surface area contributed by atoms with E-state index in [4.69, 9.17) is 0 Å². The number of amides is 1. The summed E-state index contributed by atoms with van der Waals surface area (Å²) in [4.78, 5) is 11.6. The van der Waals surface area contributed by atoms with E-state index < -0.39 is 16.3 Å². The first-order valence-electron chi connectivity index (χ1n) is 4.60. The highest BCUT2D eigenvalue weighted by Crippen LogP contribution is 2.00. The van der Waals surface area contributed by atoms with E-state index in [9.17, 15) is 9.00 Å². The lowest BCUT2D eigenvalue weighted by Crippen LogP contribution is -2.52. The van der Waals surface area contributed by atoms with Crippen LogP contribution in [0.1, 0.15) is 20.8 Å². The molecule has 0 aliphatic heterocycles. The van der Waals surface area contributed by atoms with Gasteiger partial charge in [-0.2, -0.15) is 0 Å². The van der Waals surface area contributed by atoms with E-state index in [0.717, 1.165) is 0 Å². The molecule has 0 aromatic rings. The maximum Gasteiger partial charge on any atom is 0.239 e. The Kier molecular flexibility index (Phi) is 5.29. The van der Waals surface area contributed by atoms with Crippen molar-refractivity contribution in [3.05, 3.63) is 0 Å². The first-order chi connectivity index (χ1) is 6.31. The minimum atomic E-state index is -0.891. The highest BCUT2D eigenvalue weighted by molar-refractivity contribution is 7.84. The molecule has 0 spiro atoms. The minimum absolute atomic E-state index is 0.00777. The molecule has 0 aliphatic carbocycles. The third kappa shape index (κ3) is 4.19. The van der Waals surface area contributed by atoms with Crippen LogP contribution in [0, 0.1) is 0 Å². The summed E-state index contributed by atoms with van der Waals surface area (Å²) >= 11 is 0. The molecular formula is C9H20N2O2S. The summed E-state index contributed by atoms with van der Waals surface area (Å²) in [5.41, 5.74) is -0.574. The van der Waals surface area contributed by atoms with Crippen molar-refractivity contribution in [1.82, 2.24) is 10.6 Å². The molecule has 0 rings (SSSR count). The van der Waals surface area contributed by atoms with Crippen LogP contribution >= 0.6 is 0 Å². The standard InChI is InChI=1S/C9H20N2O2S/c1-7(14(5)13)6-11-8(12)9(2,3)10-4/h7,10H,6H2,1-5H3,(H,11,12). The van der Waals surface area contributed by atoms with Crippen LogP contribution in [0.4, 0.5) is 0 Å². The van der Waals surface area contributed by atoms with E-state index in [-0.39, 0.29) is 11.2 Å². The fourth-order valence-electron chi connectivity index (χ4n) is 0.688. The molecule has 2 N–H and O–H groups in total. The summed E-state index contributed by atoms with van der Waals surface area (Å²) in [5.74, 6) is -0.0719. The van der Waals surface area contributed by atoms with E-state index >= 15 is 0 Å². The van der Waals surface area contributed by atoms with Crippen LogP contribution in [-0.2, 0) is 15.6 Å². The summed E-state index contributed by atoms with van der Waals surface area (Å²) in [6, 6.07) is 0. The average molecular weight is 220 g/mol. The summed E-state index contributed by atoms with van der Waals surface area (Å²) in [7, 11) is 0.846. The zero-order valence-corrected chi connectivity index (χ0v) is 10.3. The number of hydrogen-bond acceptors (Lipinski definition) is 3. The van der Waals surface area contributed by atoms with Crippen LogP contribution in [0.2, 0.25) is 0 Å². The lowest BCUT2D eigenvalue weighted by Gasteiger charge is -2.23. The SMILES string of the molecule is CNC(C)(C)C(=O)NCC(C)S(C)=O. The molecule has 1 amide bonds. The van der Waals surface area contributed by atoms with Crippen LogP contribution in [0.15, 0.2) is 0 Å². The lowest BCUT2D eigenvalue weighted by molar-refractivity contribution is -0.126. The van der Waals surface area contributed by atoms with E-state index in [1.54, 1.807) is 27.2 Å². The Hall–Kier alpha value is -0.420. The first-order valence-corrected chi connectivity index (χ1v) is 6.23. The van der Waals surface area contributed by atoms with Crippen LogP contribution in [0.5, 0.6) is 0 Å². The largest absolute Gasteiger partial charge is 0.353 e. The second-order valence-corrected chi connectivity index (χ2v) is 5.70. The van der Waals surface area contributed by atoms with Gasteiger partial charge in [0.05, 0.1) is 5.54 Å². The monoisotopic (exact) mass is 220 g/mol. The Morgan fingerprint density at radius 3 is 2.36 bits per heavy atom. The van der Waals surface area contributed by atoms with Crippen LogP contribution in [-0.4, -0.2) is 40.8 Å². The maximum atomic E-state index is 11.6. The predicted octanol–water partition coefficient (Wildman–Crippen LogP) is -0.132. The number of nitrogens with one attached hydrogen (secondary N) is 2. The second kappa shape index (κ2) is 5.46. The summed E-state index contributed by atoms with van der Waals surface area (Å²) in [6.45, 7) is 5.90. The number of carbonyl (C=O) groups excluding carboxylic acids is 1. The van der Waals surface area contributed by atoms with Crippen molar-refractivity contribution in [3.8, 4) is 0 Å². The number of likely N-dealkylation sites (N-methyl/N-ethyl adjacent to an activating group) is 1. The van der Waals surface area contributed by atoms with E-state index in [0.29, 0.717) is 6.54 Å². The summed E-state index contributed by atoms with van der Waals surface area (Å²) in [5, 5.41) is 5.66. The summed E-state index contributed by atoms with van der Waals surface area (Å²) in [6.07, 6.45) is 1.64. The van der Waals surface area contributed by atoms with E-state index in [2.05, 4.69) is 10.6 Å². The molecule has 84 valence electrons. The van der Waals surface area contributed by atoms with Crippen molar-refractivity contribution < 1.29 is 9.00 Å². The van der Waals surface area contributed by atoms with Crippen molar-refractivity contribution in [2.75, 3.05) is 19.8 Å². The topological polar surface area (TPSA) is 58.2 Å². The number of carbonyl (C=O) groups is 1. The van der Waals surface area contributed by atoms with Gasteiger partial charge < -0.3 is 10.6 Å². The van der Waals surface area contributed by atoms with Gasteiger partial charge in [0.15, 0.2) is 0 Å². The molecule has 0 heterocycles. The normalized spacial score (nSPS) is 16.1. The summed E-state index contributed by atoms with van der Waals surface area (Å²) < 4.78 is 11.0. The highest BCUT2D eigenvalue weighted by atomic mass is 32.2. The molecular weight excluding hydrogens is 200 g/mol. The molecule has 4 nitrogen and oxygen atoms in total. The lowest BCUT2D eigenvalue weighted by atomic mass is 10.1. The number of hydrogen-bond donors (Lipinski definition) is 2. The number of rotatable bonds is 5. The third-order valence-electron chi connectivity index (χ3n) is 2.31. The second-order valence-electron chi connectivity index (χ2n) is 3.89. The van der Waals surface area contributed by atoms with Crippen molar-refractivity contribution in [2.24, 2.45) is 0 Å². The fourth-order valence-corrected chi connectivity index (χ4v) is 1.01. The first kappa shape index (κ1) is 13.6. The minimum Gasteiger partial charge on any atom is -0.353 e. The molecule has 0 aromatic heterocycles. The highest BCUT2D eigenvalue weighted by Gasteiger charge is 2.25. The van der Waals surface area contributed by atoms with Crippen molar-refractivity contribution in [2.45, 2.75) is 31.6 Å². The van der Waals surface area contributed by atoms with Crippen LogP contribution in [0.25, 0.3) is 0 Å². The van der Waals surface area contributed by atoms with E-state index in [1.165, 1.54) is 0 Å². The fraction of sp³-hybridized carbons (Fsp3) is 0.889. The molecule has 14 heavy (non-hydrogen) atoms. The molecule has 0 aliphatic rings. The smallest absolute Gasteiger partial charge is 0.239 e. The van der Waals surface area contributed by atoms with Gasteiger partial charge >= 0.3 is 0 Å². The van der Waals surface area contributed by atoms with Gasteiger partial charge in [-0.1, -0.05) is 0 Å². The van der Waals surface area contributed by atoms with E-state index in [1.807, 2.05) is 6.92 Å². The quantitative estimate of drug-likeness (QED) is 0.678. The molecule has 2 atom stereocenters. The van der Waals surface area contributed by atoms with Crippen molar-refractivity contribution in [1.29, 1.82) is 0 Å². The van der Waals surface area contributed by atoms with Gasteiger partial charge in [-0.05, 0) is 27.8 Å².